The van der Waals surface area contributed by atoms with E-state index < -0.39 is 11.6 Å². The fourth-order valence-electron chi connectivity index (χ4n) is 1.68. The van der Waals surface area contributed by atoms with Crippen LogP contribution in [0.4, 0.5) is 14.5 Å². The van der Waals surface area contributed by atoms with Gasteiger partial charge in [0, 0.05) is 28.9 Å². The fraction of sp³-hybridized carbons (Fsp3) is 0.125. The molecule has 2 aromatic heterocycles. The summed E-state index contributed by atoms with van der Waals surface area (Å²) in [5.41, 5.74) is 0.593. The van der Waals surface area contributed by atoms with Gasteiger partial charge in [-0.2, -0.15) is 0 Å². The Morgan fingerprint density at radius 1 is 1.25 bits per heavy atom. The molecule has 1 N–H and O–H groups in total. The van der Waals surface area contributed by atoms with Crippen LogP contribution in [0.25, 0.3) is 0 Å². The maximum absolute atomic E-state index is 13.2. The predicted molar refractivity (Wildman–Crippen MR) is 93.5 cm³/mol. The van der Waals surface area contributed by atoms with E-state index in [1.54, 1.807) is 34.0 Å². The molecule has 0 unspecified atom stereocenters. The van der Waals surface area contributed by atoms with Gasteiger partial charge in [-0.1, -0.05) is 13.8 Å². The first-order valence-electron chi connectivity index (χ1n) is 7.14. The molecule has 126 valence electrons. The molecule has 3 rings (SSSR count). The zero-order chi connectivity index (χ0) is 17.5. The normalized spacial score (nSPS) is 10.0. The molecule has 2 heterocycles. The van der Waals surface area contributed by atoms with Gasteiger partial charge in [0.25, 0.3) is 5.91 Å². The fourth-order valence-corrected chi connectivity index (χ4v) is 3.03. The van der Waals surface area contributed by atoms with Gasteiger partial charge in [0.05, 0.1) is 5.69 Å². The molecule has 0 fully saturated rings. The van der Waals surface area contributed by atoms with E-state index >= 15 is 0 Å². The Hall–Kier alpha value is -2.19. The van der Waals surface area contributed by atoms with E-state index in [1.807, 2.05) is 13.8 Å². The minimum atomic E-state index is -0.894. The Morgan fingerprint density at radius 3 is 2.71 bits per heavy atom. The highest BCUT2D eigenvalue weighted by atomic mass is 32.2. The monoisotopic (exact) mass is 367 g/mol. The Kier molecular flexibility index (Phi) is 6.51. The van der Waals surface area contributed by atoms with E-state index in [-0.39, 0.29) is 5.91 Å². The average molecular weight is 367 g/mol. The van der Waals surface area contributed by atoms with E-state index in [4.69, 9.17) is 0 Å². The summed E-state index contributed by atoms with van der Waals surface area (Å²) in [7, 11) is 0. The topological polar surface area (TPSA) is 46.9 Å². The van der Waals surface area contributed by atoms with Crippen LogP contribution in [0.5, 0.6) is 0 Å². The second-order valence-electron chi connectivity index (χ2n) is 4.22. The summed E-state index contributed by atoms with van der Waals surface area (Å²) in [4.78, 5) is 16.3. The summed E-state index contributed by atoms with van der Waals surface area (Å²) in [5, 5.41) is 4.81. The van der Waals surface area contributed by atoms with Crippen molar-refractivity contribution < 1.29 is 13.6 Å². The third-order valence-electron chi connectivity index (χ3n) is 2.65. The summed E-state index contributed by atoms with van der Waals surface area (Å²) in [6, 6.07) is 5.38. The lowest BCUT2D eigenvalue weighted by atomic mass is 10.3. The van der Waals surface area contributed by atoms with Crippen LogP contribution in [0.15, 0.2) is 53.1 Å². The largest absolute Gasteiger partial charge is 0.319 e. The van der Waals surface area contributed by atoms with Gasteiger partial charge in [-0.25, -0.2) is 13.8 Å². The third-order valence-corrected chi connectivity index (χ3v) is 4.33. The van der Waals surface area contributed by atoms with E-state index in [0.717, 1.165) is 12.1 Å². The Balaban J connectivity index is 0.00000100. The summed E-state index contributed by atoms with van der Waals surface area (Å²) in [6.07, 6.45) is 4.95. The van der Waals surface area contributed by atoms with Gasteiger partial charge >= 0.3 is 0 Å². The Morgan fingerprint density at radius 2 is 2.04 bits per heavy atom. The first-order chi connectivity index (χ1) is 11.6. The van der Waals surface area contributed by atoms with Crippen molar-refractivity contribution in [3.8, 4) is 0 Å². The van der Waals surface area contributed by atoms with Crippen LogP contribution in [-0.2, 0) is 0 Å². The molecule has 1 aromatic carbocycles. The third kappa shape index (κ3) is 4.65. The number of nitrogens with one attached hydrogen (secondary N) is 1. The summed E-state index contributed by atoms with van der Waals surface area (Å²) >= 11 is 2.45. The van der Waals surface area contributed by atoms with Gasteiger partial charge in [-0.05, 0) is 36.2 Å². The van der Waals surface area contributed by atoms with Crippen LogP contribution < -0.4 is 5.32 Å². The summed E-state index contributed by atoms with van der Waals surface area (Å²) < 4.78 is 27.7. The van der Waals surface area contributed by atoms with Gasteiger partial charge in [0.15, 0.2) is 16.6 Å². The minimum absolute atomic E-state index is 0.287. The summed E-state index contributed by atoms with van der Waals surface area (Å²) in [6.45, 7) is 4.00. The molecule has 0 saturated heterocycles. The van der Waals surface area contributed by atoms with Gasteiger partial charge in [0.1, 0.15) is 0 Å². The van der Waals surface area contributed by atoms with Crippen LogP contribution in [0.3, 0.4) is 0 Å². The van der Waals surface area contributed by atoms with Crippen molar-refractivity contribution in [1.29, 1.82) is 0 Å². The number of rotatable bonds is 4. The second kappa shape index (κ2) is 8.60. The van der Waals surface area contributed by atoms with Crippen molar-refractivity contribution in [1.82, 2.24) is 8.96 Å². The number of thiazole rings is 1. The van der Waals surface area contributed by atoms with Crippen molar-refractivity contribution in [2.75, 3.05) is 5.32 Å². The molecule has 24 heavy (non-hydrogen) atoms. The van der Waals surface area contributed by atoms with Crippen LogP contribution in [-0.4, -0.2) is 14.9 Å². The lowest BCUT2D eigenvalue weighted by Gasteiger charge is -2.03. The van der Waals surface area contributed by atoms with Crippen LogP contribution in [0.1, 0.15) is 23.6 Å². The SMILES string of the molecule is CC.O=C(Nc1ccn(Sc2ccc(F)c(F)c2)c1)c1nccs1. The van der Waals surface area contributed by atoms with Gasteiger partial charge in [-0.3, -0.25) is 8.77 Å². The number of benzene rings is 1. The predicted octanol–water partition coefficient (Wildman–Crippen LogP) is 5.06. The number of carbonyl (C=O) groups excluding carboxylic acids is 1. The molecule has 0 bridgehead atoms. The smallest absolute Gasteiger partial charge is 0.284 e. The van der Waals surface area contributed by atoms with Crippen molar-refractivity contribution >= 4 is 34.9 Å². The van der Waals surface area contributed by atoms with Crippen LogP contribution in [0.2, 0.25) is 0 Å². The molecule has 0 atom stereocenters. The van der Waals surface area contributed by atoms with E-state index in [2.05, 4.69) is 10.3 Å². The first-order valence-corrected chi connectivity index (χ1v) is 8.79. The molecule has 0 radical (unpaired) electrons. The molecular formula is C16H15F2N3OS2. The standard InChI is InChI=1S/C14H9F2N3OS2.C2H6/c15-11-2-1-10(7-12(11)16)22-19-5-3-9(8-19)18-13(20)14-17-4-6-21-14;1-2/h1-8H,(H,18,20);1-2H3. The number of nitrogens with zero attached hydrogens (tertiary/aromatic N) is 2. The molecule has 0 aliphatic heterocycles. The van der Waals surface area contributed by atoms with Crippen molar-refractivity contribution in [3.05, 3.63) is 64.9 Å². The highest BCUT2D eigenvalue weighted by Crippen LogP contribution is 2.24. The highest BCUT2D eigenvalue weighted by molar-refractivity contribution is 7.97. The molecular weight excluding hydrogens is 352 g/mol. The maximum Gasteiger partial charge on any atom is 0.284 e. The zero-order valence-electron chi connectivity index (χ0n) is 13.0. The molecule has 0 aliphatic carbocycles. The molecule has 0 saturated carbocycles. The molecule has 3 aromatic rings. The lowest BCUT2D eigenvalue weighted by Crippen LogP contribution is -2.10. The number of amides is 1. The van der Waals surface area contributed by atoms with Crippen molar-refractivity contribution in [3.63, 3.8) is 0 Å². The minimum Gasteiger partial charge on any atom is -0.319 e. The highest BCUT2D eigenvalue weighted by Gasteiger charge is 2.10. The average Bonchev–Trinajstić information content (AvgIpc) is 3.25. The molecule has 8 heteroatoms. The van der Waals surface area contributed by atoms with Crippen LogP contribution >= 0.6 is 23.3 Å². The summed E-state index contributed by atoms with van der Waals surface area (Å²) in [5.74, 6) is -2.06. The second-order valence-corrected chi connectivity index (χ2v) is 6.19. The number of carbonyl (C=O) groups is 1. The van der Waals surface area contributed by atoms with Crippen LogP contribution in [0, 0.1) is 11.6 Å². The van der Waals surface area contributed by atoms with E-state index in [1.165, 1.54) is 29.4 Å². The molecule has 1 amide bonds. The number of hydrogen-bond donors (Lipinski definition) is 1. The van der Waals surface area contributed by atoms with Gasteiger partial charge in [-0.15, -0.1) is 11.3 Å². The van der Waals surface area contributed by atoms with Crippen molar-refractivity contribution in [2.24, 2.45) is 0 Å². The molecule has 0 aliphatic rings. The maximum atomic E-state index is 13.2. The number of aromatic nitrogens is 2. The van der Waals surface area contributed by atoms with Gasteiger partial charge in [0.2, 0.25) is 0 Å². The quantitative estimate of drug-likeness (QED) is 0.701. The Labute approximate surface area is 146 Å². The van der Waals surface area contributed by atoms with E-state index in [0.29, 0.717) is 15.6 Å². The van der Waals surface area contributed by atoms with E-state index in [9.17, 15) is 13.6 Å². The number of anilines is 1. The molecule has 4 nitrogen and oxygen atoms in total. The lowest BCUT2D eigenvalue weighted by molar-refractivity contribution is 0.102. The Bertz CT molecular complexity index is 804. The van der Waals surface area contributed by atoms with Gasteiger partial charge < -0.3 is 5.32 Å². The molecule has 0 spiro atoms. The first kappa shape index (κ1) is 18.2. The zero-order valence-corrected chi connectivity index (χ0v) is 14.6. The number of hydrogen-bond acceptors (Lipinski definition) is 4. The number of halogens is 2. The van der Waals surface area contributed by atoms with Crippen molar-refractivity contribution in [2.45, 2.75) is 18.7 Å².